The van der Waals surface area contributed by atoms with Gasteiger partial charge in [0.15, 0.2) is 0 Å². The van der Waals surface area contributed by atoms with Gasteiger partial charge in [0, 0.05) is 30.6 Å². The first kappa shape index (κ1) is 14.3. The van der Waals surface area contributed by atoms with Crippen LogP contribution in [0.25, 0.3) is 0 Å². The maximum Gasteiger partial charge on any atom is 0.222 e. The number of anilines is 1. The second kappa shape index (κ2) is 5.63. The average Bonchev–Trinajstić information content (AvgIpc) is 2.45. The minimum Gasteiger partial charge on any atom is -0.353 e. The van der Waals surface area contributed by atoms with Crippen molar-refractivity contribution in [3.05, 3.63) is 46.7 Å². The zero-order valence-corrected chi connectivity index (χ0v) is 12.6. The Balaban J connectivity index is 1.79. The van der Waals surface area contributed by atoms with Gasteiger partial charge in [0.25, 0.3) is 0 Å². The van der Waals surface area contributed by atoms with Gasteiger partial charge in [-0.2, -0.15) is 0 Å². The van der Waals surface area contributed by atoms with Crippen LogP contribution in [-0.2, 0) is 5.41 Å². The van der Waals surface area contributed by atoms with Gasteiger partial charge in [-0.3, -0.25) is 4.98 Å². The molecule has 1 aliphatic carbocycles. The molecule has 0 spiro atoms. The second-order valence-electron chi connectivity index (χ2n) is 5.20. The van der Waals surface area contributed by atoms with Crippen molar-refractivity contribution in [1.82, 2.24) is 15.0 Å². The Morgan fingerprint density at radius 1 is 1.29 bits per heavy atom. The third kappa shape index (κ3) is 2.88. The van der Waals surface area contributed by atoms with Crippen LogP contribution in [0.5, 0.6) is 0 Å². The first-order valence-electron chi connectivity index (χ1n) is 6.56. The molecule has 21 heavy (non-hydrogen) atoms. The van der Waals surface area contributed by atoms with E-state index in [4.69, 9.17) is 0 Å². The summed E-state index contributed by atoms with van der Waals surface area (Å²) in [6.45, 7) is 0.350. The highest BCUT2D eigenvalue weighted by molar-refractivity contribution is 9.10. The molecule has 2 heterocycles. The molecule has 0 amide bonds. The Bertz CT molecular complexity index is 629. The van der Waals surface area contributed by atoms with Crippen LogP contribution in [0.15, 0.2) is 35.2 Å². The lowest BCUT2D eigenvalue weighted by atomic mass is 9.65. The first-order valence-corrected chi connectivity index (χ1v) is 7.35. The molecule has 1 fully saturated rings. The van der Waals surface area contributed by atoms with Crippen molar-refractivity contribution in [1.29, 1.82) is 0 Å². The summed E-state index contributed by atoms with van der Waals surface area (Å²) in [6, 6.07) is 2.88. The van der Waals surface area contributed by atoms with E-state index in [1.807, 2.05) is 0 Å². The number of hydrogen-bond donors (Lipinski definition) is 1. The van der Waals surface area contributed by atoms with Gasteiger partial charge in [-0.15, -0.1) is 0 Å². The zero-order chi connectivity index (χ0) is 14.9. The standard InChI is InChI=1S/C14H13BrF2N4/c15-9-6-19-13(20-7-9)21-8-14(4-10(16)5-14)12-11(17)2-1-3-18-12/h1-3,6-7,10H,4-5,8H2,(H,19,20,21)/t10-,14-. The van der Waals surface area contributed by atoms with Crippen molar-refractivity contribution < 1.29 is 8.78 Å². The van der Waals surface area contributed by atoms with E-state index < -0.39 is 17.4 Å². The van der Waals surface area contributed by atoms with Crippen LogP contribution in [0.3, 0.4) is 0 Å². The zero-order valence-electron chi connectivity index (χ0n) is 11.1. The summed E-state index contributed by atoms with van der Waals surface area (Å²) < 4.78 is 28.1. The van der Waals surface area contributed by atoms with Gasteiger partial charge in [-0.05, 0) is 40.9 Å². The molecule has 0 aromatic carbocycles. The van der Waals surface area contributed by atoms with Gasteiger partial charge in [0.05, 0.1) is 10.2 Å². The molecule has 0 unspecified atom stereocenters. The summed E-state index contributed by atoms with van der Waals surface area (Å²) in [7, 11) is 0. The molecule has 0 saturated heterocycles. The fraction of sp³-hybridized carbons (Fsp3) is 0.357. The van der Waals surface area contributed by atoms with E-state index in [1.165, 1.54) is 18.3 Å². The molecule has 1 aliphatic rings. The Hall–Kier alpha value is -1.63. The number of hydrogen-bond acceptors (Lipinski definition) is 4. The number of aromatic nitrogens is 3. The summed E-state index contributed by atoms with van der Waals surface area (Å²) in [4.78, 5) is 12.3. The second-order valence-corrected chi connectivity index (χ2v) is 6.11. The molecule has 0 bridgehead atoms. The highest BCUT2D eigenvalue weighted by atomic mass is 79.9. The van der Waals surface area contributed by atoms with Crippen molar-refractivity contribution in [3.8, 4) is 0 Å². The van der Waals surface area contributed by atoms with Crippen LogP contribution in [0.4, 0.5) is 14.7 Å². The normalized spacial score (nSPS) is 24.4. The predicted octanol–water partition coefficient (Wildman–Crippen LogP) is 3.26. The third-order valence-electron chi connectivity index (χ3n) is 3.69. The highest BCUT2D eigenvalue weighted by Gasteiger charge is 2.48. The maximum atomic E-state index is 14.0. The van der Waals surface area contributed by atoms with Crippen LogP contribution in [0.1, 0.15) is 18.5 Å². The van der Waals surface area contributed by atoms with Gasteiger partial charge in [0.1, 0.15) is 12.0 Å². The van der Waals surface area contributed by atoms with Crippen molar-refractivity contribution in [2.75, 3.05) is 11.9 Å². The SMILES string of the molecule is Fc1cccnc1[C@]1(CNc2ncc(Br)cn2)C[C@@H](F)C1. The Kier molecular flexibility index (Phi) is 3.84. The summed E-state index contributed by atoms with van der Waals surface area (Å²) in [6.07, 6.45) is 4.35. The molecular formula is C14H13BrF2N4. The average molecular weight is 355 g/mol. The molecule has 0 radical (unpaired) electrons. The van der Waals surface area contributed by atoms with E-state index in [0.717, 1.165) is 4.47 Å². The molecule has 0 atom stereocenters. The van der Waals surface area contributed by atoms with Crippen molar-refractivity contribution >= 4 is 21.9 Å². The lowest BCUT2D eigenvalue weighted by Gasteiger charge is -2.43. The van der Waals surface area contributed by atoms with E-state index in [9.17, 15) is 8.78 Å². The van der Waals surface area contributed by atoms with E-state index in [2.05, 4.69) is 36.2 Å². The van der Waals surface area contributed by atoms with Crippen LogP contribution < -0.4 is 5.32 Å². The van der Waals surface area contributed by atoms with Crippen molar-refractivity contribution in [2.45, 2.75) is 24.4 Å². The Morgan fingerprint density at radius 3 is 2.62 bits per heavy atom. The van der Waals surface area contributed by atoms with Gasteiger partial charge >= 0.3 is 0 Å². The first-order chi connectivity index (χ1) is 10.1. The molecule has 1 saturated carbocycles. The van der Waals surface area contributed by atoms with Gasteiger partial charge in [-0.25, -0.2) is 18.7 Å². The van der Waals surface area contributed by atoms with Gasteiger partial charge < -0.3 is 5.32 Å². The van der Waals surface area contributed by atoms with Crippen LogP contribution in [0.2, 0.25) is 0 Å². The number of nitrogens with one attached hydrogen (secondary N) is 1. The molecule has 3 rings (SSSR count). The topological polar surface area (TPSA) is 50.7 Å². The lowest BCUT2D eigenvalue weighted by Crippen LogP contribution is -2.49. The predicted molar refractivity (Wildman–Crippen MR) is 78.2 cm³/mol. The molecule has 4 nitrogen and oxygen atoms in total. The third-order valence-corrected chi connectivity index (χ3v) is 4.10. The molecule has 1 N–H and O–H groups in total. The van der Waals surface area contributed by atoms with E-state index in [1.54, 1.807) is 12.4 Å². The molecule has 110 valence electrons. The van der Waals surface area contributed by atoms with E-state index >= 15 is 0 Å². The fourth-order valence-corrected chi connectivity index (χ4v) is 2.84. The number of pyridine rings is 1. The Morgan fingerprint density at radius 2 is 2.00 bits per heavy atom. The monoisotopic (exact) mass is 354 g/mol. The fourth-order valence-electron chi connectivity index (χ4n) is 2.64. The molecule has 2 aromatic heterocycles. The van der Waals surface area contributed by atoms with Crippen LogP contribution in [0, 0.1) is 5.82 Å². The maximum absolute atomic E-state index is 14.0. The largest absolute Gasteiger partial charge is 0.353 e. The summed E-state index contributed by atoms with van der Waals surface area (Å²) in [5.74, 6) is 0.0270. The number of alkyl halides is 1. The number of rotatable bonds is 4. The summed E-state index contributed by atoms with van der Waals surface area (Å²) in [5, 5.41) is 3.04. The number of nitrogens with zero attached hydrogens (tertiary/aromatic N) is 3. The van der Waals surface area contributed by atoms with E-state index in [0.29, 0.717) is 18.2 Å². The van der Waals surface area contributed by atoms with Crippen molar-refractivity contribution in [2.24, 2.45) is 0 Å². The van der Waals surface area contributed by atoms with Crippen LogP contribution >= 0.6 is 15.9 Å². The van der Waals surface area contributed by atoms with Crippen LogP contribution in [-0.4, -0.2) is 27.7 Å². The van der Waals surface area contributed by atoms with Crippen molar-refractivity contribution in [3.63, 3.8) is 0 Å². The number of halogens is 3. The molecular weight excluding hydrogens is 342 g/mol. The van der Waals surface area contributed by atoms with E-state index in [-0.39, 0.29) is 12.8 Å². The minimum atomic E-state index is -0.918. The summed E-state index contributed by atoms with van der Waals surface area (Å²) in [5.41, 5.74) is -0.329. The smallest absolute Gasteiger partial charge is 0.222 e. The highest BCUT2D eigenvalue weighted by Crippen LogP contribution is 2.45. The van der Waals surface area contributed by atoms with Gasteiger partial charge in [0.2, 0.25) is 5.95 Å². The quantitative estimate of drug-likeness (QED) is 0.915. The molecule has 7 heteroatoms. The molecule has 2 aromatic rings. The Labute approximate surface area is 129 Å². The lowest BCUT2D eigenvalue weighted by molar-refractivity contribution is 0.0963. The molecule has 0 aliphatic heterocycles. The summed E-state index contributed by atoms with van der Waals surface area (Å²) >= 11 is 3.25. The minimum absolute atomic E-state index is 0.254. The van der Waals surface area contributed by atoms with Gasteiger partial charge in [-0.1, -0.05) is 0 Å².